The lowest BCUT2D eigenvalue weighted by atomic mass is 9.97. The highest BCUT2D eigenvalue weighted by Gasteiger charge is 2.18. The molecule has 0 unspecified atom stereocenters. The Kier molecular flexibility index (Phi) is 3.57. The average Bonchev–Trinajstić information content (AvgIpc) is 3.10. The fourth-order valence-corrected chi connectivity index (χ4v) is 3.37. The van der Waals surface area contributed by atoms with Crippen LogP contribution in [0.4, 0.5) is 4.39 Å². The van der Waals surface area contributed by atoms with E-state index in [4.69, 9.17) is 6.85 Å². The highest BCUT2D eigenvalue weighted by molar-refractivity contribution is 6.21. The minimum absolute atomic E-state index is 0.0335. The molecule has 0 aliphatic carbocycles. The van der Waals surface area contributed by atoms with Gasteiger partial charge in [0.2, 0.25) is 0 Å². The predicted octanol–water partition coefficient (Wildman–Crippen LogP) is 6.17. The van der Waals surface area contributed by atoms with Gasteiger partial charge in [-0.05, 0) is 36.1 Å². The topological polar surface area (TPSA) is 22.0 Å². The first-order valence-electron chi connectivity index (χ1n) is 11.6. The summed E-state index contributed by atoms with van der Waals surface area (Å²) in [4.78, 5) is 13.7. The van der Waals surface area contributed by atoms with Gasteiger partial charge in [-0.2, -0.15) is 0 Å². The lowest BCUT2D eigenvalue weighted by Gasteiger charge is -2.05. The van der Waals surface area contributed by atoms with Crippen LogP contribution in [0, 0.1) is 0 Å². The van der Waals surface area contributed by atoms with E-state index in [-0.39, 0.29) is 41.3 Å². The molecule has 27 heavy (non-hydrogen) atoms. The SMILES string of the molecule is [2H]c1c([2H])c([2H])c2c(c1[2H])c(C(=O)c1cccc3ccccc13)c([2H])n2CCCCCF. The van der Waals surface area contributed by atoms with Gasteiger partial charge in [-0.3, -0.25) is 9.18 Å². The normalized spacial score (nSPS) is 13.9. The van der Waals surface area contributed by atoms with Gasteiger partial charge in [-0.25, -0.2) is 0 Å². The first kappa shape index (κ1) is 12.4. The van der Waals surface area contributed by atoms with Crippen molar-refractivity contribution >= 4 is 27.5 Å². The molecule has 0 saturated heterocycles. The quantitative estimate of drug-likeness (QED) is 0.284. The molecule has 0 saturated carbocycles. The summed E-state index contributed by atoms with van der Waals surface area (Å²) in [5.74, 6) is -0.454. The molecule has 0 fully saturated rings. The Balaban J connectivity index is 1.98. The molecule has 4 rings (SSSR count). The maximum Gasteiger partial charge on any atom is 0.195 e. The van der Waals surface area contributed by atoms with Crippen LogP contribution in [-0.4, -0.2) is 17.0 Å². The van der Waals surface area contributed by atoms with Gasteiger partial charge in [0, 0.05) is 34.7 Å². The number of para-hydroxylation sites is 1. The van der Waals surface area contributed by atoms with Gasteiger partial charge in [0.05, 0.1) is 13.5 Å². The molecule has 0 amide bonds. The van der Waals surface area contributed by atoms with Crippen molar-refractivity contribution in [3.63, 3.8) is 0 Å². The Morgan fingerprint density at radius 1 is 0.926 bits per heavy atom. The molecule has 2 nitrogen and oxygen atoms in total. The smallest absolute Gasteiger partial charge is 0.195 e. The van der Waals surface area contributed by atoms with Crippen molar-refractivity contribution in [1.29, 1.82) is 0 Å². The van der Waals surface area contributed by atoms with Crippen LogP contribution in [0.2, 0.25) is 0 Å². The number of ketones is 1. The third-order valence-electron chi connectivity index (χ3n) is 4.71. The molecule has 0 N–H and O–H groups in total. The van der Waals surface area contributed by atoms with Crippen LogP contribution < -0.4 is 0 Å². The number of benzene rings is 3. The molecule has 136 valence electrons. The van der Waals surface area contributed by atoms with Crippen molar-refractivity contribution in [1.82, 2.24) is 4.57 Å². The molecule has 1 heterocycles. The average molecular weight is 364 g/mol. The van der Waals surface area contributed by atoms with Crippen LogP contribution in [0.25, 0.3) is 21.7 Å². The molecule has 4 aromatic rings. The van der Waals surface area contributed by atoms with Crippen LogP contribution in [0.1, 0.15) is 42.0 Å². The minimum atomic E-state index is -0.454. The number of unbranched alkanes of at least 4 members (excludes halogenated alkanes) is 2. The molecule has 0 aliphatic rings. The summed E-state index contributed by atoms with van der Waals surface area (Å²) < 4.78 is 55.7. The molecule has 0 spiro atoms. The number of halogens is 1. The number of fused-ring (bicyclic) bond motifs is 2. The van der Waals surface area contributed by atoms with Gasteiger partial charge in [0.25, 0.3) is 0 Å². The summed E-state index contributed by atoms with van der Waals surface area (Å²) >= 11 is 0. The lowest BCUT2D eigenvalue weighted by molar-refractivity contribution is 0.104. The van der Waals surface area contributed by atoms with Crippen LogP contribution in [-0.2, 0) is 6.54 Å². The van der Waals surface area contributed by atoms with E-state index in [0.29, 0.717) is 30.2 Å². The van der Waals surface area contributed by atoms with Crippen LogP contribution in [0.15, 0.2) is 72.8 Å². The number of rotatable bonds is 7. The molecule has 0 atom stereocenters. The molecule has 0 bridgehead atoms. The summed E-state index contributed by atoms with van der Waals surface area (Å²) in [6.07, 6.45) is 1.34. The fraction of sp³-hybridized carbons (Fsp3) is 0.208. The number of alkyl halides is 1. The van der Waals surface area contributed by atoms with E-state index in [1.165, 1.54) is 4.57 Å². The fourth-order valence-electron chi connectivity index (χ4n) is 3.37. The molecular weight excluding hydrogens is 337 g/mol. The van der Waals surface area contributed by atoms with Gasteiger partial charge in [-0.1, -0.05) is 60.6 Å². The number of carbonyl (C=O) groups is 1. The van der Waals surface area contributed by atoms with Crippen molar-refractivity contribution in [2.45, 2.75) is 25.8 Å². The van der Waals surface area contributed by atoms with Gasteiger partial charge in [0.15, 0.2) is 5.78 Å². The third kappa shape index (κ3) is 3.37. The number of nitrogens with zero attached hydrogens (tertiary/aromatic N) is 1. The Morgan fingerprint density at radius 3 is 2.63 bits per heavy atom. The molecule has 0 radical (unpaired) electrons. The zero-order valence-electron chi connectivity index (χ0n) is 19.8. The second-order valence-electron chi connectivity index (χ2n) is 6.47. The van der Waals surface area contributed by atoms with E-state index in [0.717, 1.165) is 5.39 Å². The van der Waals surface area contributed by atoms with E-state index in [1.807, 2.05) is 30.3 Å². The summed E-state index contributed by atoms with van der Waals surface area (Å²) in [6.45, 7) is -0.176. The highest BCUT2D eigenvalue weighted by atomic mass is 19.1. The Bertz CT molecular complexity index is 1340. The summed E-state index contributed by atoms with van der Waals surface area (Å²) in [7, 11) is 0. The molecule has 0 aliphatic heterocycles. The van der Waals surface area contributed by atoms with Crippen molar-refractivity contribution in [2.24, 2.45) is 0 Å². The zero-order chi connectivity index (χ0) is 23.0. The minimum Gasteiger partial charge on any atom is -0.347 e. The van der Waals surface area contributed by atoms with Crippen molar-refractivity contribution in [3.05, 3.63) is 83.9 Å². The van der Waals surface area contributed by atoms with Crippen molar-refractivity contribution < 1.29 is 16.0 Å². The highest BCUT2D eigenvalue weighted by Crippen LogP contribution is 2.27. The second-order valence-corrected chi connectivity index (χ2v) is 6.47. The Morgan fingerprint density at radius 2 is 1.74 bits per heavy atom. The van der Waals surface area contributed by atoms with Gasteiger partial charge in [0.1, 0.15) is 0 Å². The van der Waals surface area contributed by atoms with Gasteiger partial charge < -0.3 is 4.57 Å². The summed E-state index contributed by atoms with van der Waals surface area (Å²) in [5, 5.41) is 1.63. The van der Waals surface area contributed by atoms with E-state index in [2.05, 4.69) is 0 Å². The molecule has 3 heteroatoms. The van der Waals surface area contributed by atoms with Gasteiger partial charge >= 0.3 is 0 Å². The number of carbonyl (C=O) groups excluding carboxylic acids is 1. The number of aryl methyl sites for hydroxylation is 1. The Hall–Kier alpha value is -2.94. The number of hydrogen-bond donors (Lipinski definition) is 0. The molecule has 3 aromatic carbocycles. The predicted molar refractivity (Wildman–Crippen MR) is 109 cm³/mol. The Labute approximate surface area is 165 Å². The van der Waals surface area contributed by atoms with Crippen LogP contribution in [0.3, 0.4) is 0 Å². The number of aromatic nitrogens is 1. The van der Waals surface area contributed by atoms with E-state index >= 15 is 0 Å². The van der Waals surface area contributed by atoms with Crippen LogP contribution >= 0.6 is 0 Å². The maximum absolute atomic E-state index is 13.7. The molecule has 1 aromatic heterocycles. The summed E-state index contributed by atoms with van der Waals surface area (Å²) in [5.41, 5.74) is 0.485. The van der Waals surface area contributed by atoms with Crippen LogP contribution in [0.5, 0.6) is 0 Å². The van der Waals surface area contributed by atoms with Crippen molar-refractivity contribution in [3.8, 4) is 0 Å². The summed E-state index contributed by atoms with van der Waals surface area (Å²) in [6, 6.07) is 11.2. The van der Waals surface area contributed by atoms with Crippen molar-refractivity contribution in [2.75, 3.05) is 6.67 Å². The van der Waals surface area contributed by atoms with E-state index in [9.17, 15) is 9.18 Å². The second kappa shape index (κ2) is 7.75. The van der Waals surface area contributed by atoms with E-state index < -0.39 is 24.5 Å². The lowest BCUT2D eigenvalue weighted by Crippen LogP contribution is -2.02. The van der Waals surface area contributed by atoms with E-state index in [1.54, 1.807) is 12.1 Å². The zero-order valence-corrected chi connectivity index (χ0v) is 14.8. The monoisotopic (exact) mass is 364 g/mol. The standard InChI is InChI=1S/C24H22FNO/c25-15-6-1-7-16-26-17-22(20-12-4-5-14-23(20)26)24(27)21-13-8-10-18-9-2-3-11-19(18)21/h2-5,8-14,17H,1,6-7,15-16H2/i4D,5D,12D,14D,17D. The van der Waals surface area contributed by atoms with Gasteiger partial charge in [-0.15, -0.1) is 0 Å². The first-order chi connectivity index (χ1) is 15.4. The largest absolute Gasteiger partial charge is 0.347 e. The maximum atomic E-state index is 13.7. The third-order valence-corrected chi connectivity index (χ3v) is 4.71. The first-order valence-corrected chi connectivity index (χ1v) is 9.06. The number of hydrogen-bond acceptors (Lipinski definition) is 1. The molecular formula is C24H22FNO.